The lowest BCUT2D eigenvalue weighted by Gasteiger charge is -1.91. The van der Waals surface area contributed by atoms with Crippen LogP contribution < -0.4 is 5.73 Å². The van der Waals surface area contributed by atoms with E-state index < -0.39 is 0 Å². The zero-order valence-electron chi connectivity index (χ0n) is 5.70. The zero-order chi connectivity index (χ0) is 7.68. The molecular weight excluding hydrogens is 142 g/mol. The molecule has 4 N–H and O–H groups in total. The molecule has 0 radical (unpaired) electrons. The largest absolute Gasteiger partial charge is 0.396 e. The molecule has 0 saturated carbocycles. The Labute approximate surface area is 62.7 Å². The van der Waals surface area contributed by atoms with Gasteiger partial charge < -0.3 is 10.7 Å². The van der Waals surface area contributed by atoms with Crippen molar-refractivity contribution in [3.8, 4) is 11.4 Å². The molecule has 0 unspecified atom stereocenters. The van der Waals surface area contributed by atoms with Gasteiger partial charge in [0.1, 0.15) is 5.69 Å². The first-order valence-corrected chi connectivity index (χ1v) is 3.15. The maximum atomic E-state index is 5.59. The minimum absolute atomic E-state index is 0.620. The number of nitrogens with zero attached hydrogens (tertiary/aromatic N) is 2. The Kier molecular flexibility index (Phi) is 1.15. The highest BCUT2D eigenvalue weighted by molar-refractivity contribution is 5.67. The molecule has 2 heterocycles. The van der Waals surface area contributed by atoms with Gasteiger partial charge in [-0.3, -0.25) is 5.10 Å². The lowest BCUT2D eigenvalue weighted by molar-refractivity contribution is 1.09. The molecule has 2 aromatic rings. The number of nitrogen functional groups attached to an aromatic ring is 1. The van der Waals surface area contributed by atoms with Crippen molar-refractivity contribution in [2.45, 2.75) is 0 Å². The minimum Gasteiger partial charge on any atom is -0.396 e. The van der Waals surface area contributed by atoms with Crippen molar-refractivity contribution in [1.82, 2.24) is 20.2 Å². The molecule has 5 nitrogen and oxygen atoms in total. The number of aromatic amines is 2. The van der Waals surface area contributed by atoms with Crippen LogP contribution in [0.15, 0.2) is 18.7 Å². The quantitative estimate of drug-likeness (QED) is 0.548. The second kappa shape index (κ2) is 2.12. The van der Waals surface area contributed by atoms with Crippen molar-refractivity contribution in [3.05, 3.63) is 18.7 Å². The van der Waals surface area contributed by atoms with E-state index in [1.807, 2.05) is 0 Å². The Bertz CT molecular complexity index is 333. The summed E-state index contributed by atoms with van der Waals surface area (Å²) < 4.78 is 0. The number of rotatable bonds is 1. The molecule has 11 heavy (non-hydrogen) atoms. The number of imidazole rings is 1. The van der Waals surface area contributed by atoms with Crippen LogP contribution in [0.3, 0.4) is 0 Å². The first kappa shape index (κ1) is 5.96. The fraction of sp³-hybridized carbons (Fsp3) is 0. The molecule has 0 amide bonds. The molecule has 0 bridgehead atoms. The van der Waals surface area contributed by atoms with Crippen molar-refractivity contribution in [1.29, 1.82) is 0 Å². The van der Waals surface area contributed by atoms with Gasteiger partial charge in [-0.25, -0.2) is 4.98 Å². The molecule has 56 valence electrons. The number of nitrogens with two attached hydrogens (primary N) is 1. The topological polar surface area (TPSA) is 83.4 Å². The lowest BCUT2D eigenvalue weighted by atomic mass is 10.3. The maximum Gasteiger partial charge on any atom is 0.106 e. The van der Waals surface area contributed by atoms with Crippen molar-refractivity contribution >= 4 is 5.69 Å². The third-order valence-electron chi connectivity index (χ3n) is 1.44. The average molecular weight is 149 g/mol. The summed E-state index contributed by atoms with van der Waals surface area (Å²) >= 11 is 0. The van der Waals surface area contributed by atoms with Crippen LogP contribution in [0, 0.1) is 0 Å². The second-order valence-corrected chi connectivity index (χ2v) is 2.17. The van der Waals surface area contributed by atoms with Crippen LogP contribution >= 0.6 is 0 Å². The molecule has 2 rings (SSSR count). The van der Waals surface area contributed by atoms with Crippen molar-refractivity contribution in [3.63, 3.8) is 0 Å². The van der Waals surface area contributed by atoms with E-state index in [0.717, 1.165) is 11.4 Å². The number of H-pyrrole nitrogens is 2. The Morgan fingerprint density at radius 2 is 2.27 bits per heavy atom. The monoisotopic (exact) mass is 149 g/mol. The van der Waals surface area contributed by atoms with Gasteiger partial charge in [0, 0.05) is 0 Å². The van der Waals surface area contributed by atoms with Gasteiger partial charge in [-0.1, -0.05) is 0 Å². The third-order valence-corrected chi connectivity index (χ3v) is 1.44. The van der Waals surface area contributed by atoms with Crippen LogP contribution in [-0.2, 0) is 0 Å². The molecule has 0 aromatic carbocycles. The van der Waals surface area contributed by atoms with Crippen molar-refractivity contribution < 1.29 is 0 Å². The van der Waals surface area contributed by atoms with E-state index in [0.29, 0.717) is 5.69 Å². The fourth-order valence-electron chi connectivity index (χ4n) is 0.904. The number of hydrogen-bond donors (Lipinski definition) is 3. The van der Waals surface area contributed by atoms with E-state index in [1.165, 1.54) is 0 Å². The smallest absolute Gasteiger partial charge is 0.106 e. The summed E-state index contributed by atoms with van der Waals surface area (Å²) in [6.45, 7) is 0. The van der Waals surface area contributed by atoms with Crippen molar-refractivity contribution in [2.75, 3.05) is 5.73 Å². The fourth-order valence-corrected chi connectivity index (χ4v) is 0.904. The Morgan fingerprint density at radius 1 is 1.36 bits per heavy atom. The molecular formula is C6H7N5. The van der Waals surface area contributed by atoms with Gasteiger partial charge in [-0.15, -0.1) is 0 Å². The van der Waals surface area contributed by atoms with E-state index in [4.69, 9.17) is 5.73 Å². The number of hydrogen-bond acceptors (Lipinski definition) is 3. The molecule has 0 aliphatic carbocycles. The molecule has 0 aliphatic rings. The van der Waals surface area contributed by atoms with Crippen LogP contribution in [0.2, 0.25) is 0 Å². The SMILES string of the molecule is Nc1cn[nH]c1-c1cnc[nH]1. The number of nitrogens with one attached hydrogen (secondary N) is 2. The van der Waals surface area contributed by atoms with Crippen LogP contribution in [0.1, 0.15) is 0 Å². The second-order valence-electron chi connectivity index (χ2n) is 2.17. The summed E-state index contributed by atoms with van der Waals surface area (Å²) in [6.07, 6.45) is 4.84. The van der Waals surface area contributed by atoms with Gasteiger partial charge in [0.15, 0.2) is 0 Å². The summed E-state index contributed by atoms with van der Waals surface area (Å²) in [4.78, 5) is 6.78. The number of aromatic nitrogens is 4. The van der Waals surface area contributed by atoms with Crippen molar-refractivity contribution in [2.24, 2.45) is 0 Å². The van der Waals surface area contributed by atoms with E-state index in [9.17, 15) is 0 Å². The first-order chi connectivity index (χ1) is 5.38. The molecule has 0 spiro atoms. The van der Waals surface area contributed by atoms with Gasteiger partial charge in [0.2, 0.25) is 0 Å². The van der Waals surface area contributed by atoms with Gasteiger partial charge in [-0.2, -0.15) is 5.10 Å². The van der Waals surface area contributed by atoms with Crippen LogP contribution in [0.4, 0.5) is 5.69 Å². The van der Waals surface area contributed by atoms with E-state index in [-0.39, 0.29) is 0 Å². The normalized spacial score (nSPS) is 10.2. The molecule has 0 atom stereocenters. The Balaban J connectivity index is 2.53. The summed E-state index contributed by atoms with van der Waals surface area (Å²) in [6, 6.07) is 0. The van der Waals surface area contributed by atoms with E-state index in [2.05, 4.69) is 20.2 Å². The van der Waals surface area contributed by atoms with Gasteiger partial charge >= 0.3 is 0 Å². The standard InChI is InChI=1S/C6H7N5/c7-4-1-10-11-6(4)5-2-8-3-9-5/h1-3H,7H2,(H,8,9)(H,10,11). The maximum absolute atomic E-state index is 5.59. The molecule has 0 fully saturated rings. The number of anilines is 1. The first-order valence-electron chi connectivity index (χ1n) is 3.15. The van der Waals surface area contributed by atoms with Crippen LogP contribution in [-0.4, -0.2) is 20.2 Å². The lowest BCUT2D eigenvalue weighted by Crippen LogP contribution is -1.85. The minimum atomic E-state index is 0.620. The van der Waals surface area contributed by atoms with E-state index >= 15 is 0 Å². The molecule has 5 heteroatoms. The summed E-state index contributed by atoms with van der Waals surface area (Å²) in [7, 11) is 0. The predicted octanol–water partition coefficient (Wildman–Crippen LogP) is 0.382. The van der Waals surface area contributed by atoms with Crippen LogP contribution in [0.25, 0.3) is 11.4 Å². The van der Waals surface area contributed by atoms with Gasteiger partial charge in [-0.05, 0) is 0 Å². The Hall–Kier alpha value is -1.78. The van der Waals surface area contributed by atoms with Gasteiger partial charge in [0.25, 0.3) is 0 Å². The summed E-state index contributed by atoms with van der Waals surface area (Å²) in [5.41, 5.74) is 7.84. The van der Waals surface area contributed by atoms with E-state index in [1.54, 1.807) is 18.7 Å². The third kappa shape index (κ3) is 0.861. The highest BCUT2D eigenvalue weighted by Gasteiger charge is 2.03. The highest BCUT2D eigenvalue weighted by Crippen LogP contribution is 2.18. The highest BCUT2D eigenvalue weighted by atomic mass is 15.1. The van der Waals surface area contributed by atoms with Gasteiger partial charge in [0.05, 0.1) is 30.1 Å². The predicted molar refractivity (Wildman–Crippen MR) is 40.6 cm³/mol. The molecule has 0 aliphatic heterocycles. The molecule has 0 saturated heterocycles. The Morgan fingerprint density at radius 3 is 2.82 bits per heavy atom. The van der Waals surface area contributed by atoms with Crippen LogP contribution in [0.5, 0.6) is 0 Å². The summed E-state index contributed by atoms with van der Waals surface area (Å²) in [5.74, 6) is 0. The summed E-state index contributed by atoms with van der Waals surface area (Å²) in [5, 5.41) is 6.54. The zero-order valence-corrected chi connectivity index (χ0v) is 5.70. The average Bonchev–Trinajstić information content (AvgIpc) is 2.55. The molecule has 2 aromatic heterocycles.